The molecule has 0 aromatic rings. The molecule has 1 unspecified atom stereocenters. The first-order valence-corrected chi connectivity index (χ1v) is 9.69. The second-order valence-corrected chi connectivity index (χ2v) is 9.43. The van der Waals surface area contributed by atoms with Gasteiger partial charge in [0.2, 0.25) is 0 Å². The lowest BCUT2D eigenvalue weighted by Crippen LogP contribution is -2.57. The van der Waals surface area contributed by atoms with Gasteiger partial charge in [-0.05, 0) is 74.2 Å². The van der Waals surface area contributed by atoms with Crippen molar-refractivity contribution in [3.63, 3.8) is 0 Å². The standard InChI is InChI=1S/C21H30O3/c1-12(22)16-6-7-17-15-5-4-13-10-14(23)8-9-20(13,2)19(15)18(24)11-21(16,17)3/h6,13-15,17,19,23H,4-5,7-11H2,1-3H3/t13?,14-,15+,17+,19-,20+,21-/m1/s1. The number of aliphatic hydroxyl groups excluding tert-OH is 1. The molecule has 24 heavy (non-hydrogen) atoms. The van der Waals surface area contributed by atoms with E-state index < -0.39 is 0 Å². The fourth-order valence-electron chi connectivity index (χ4n) is 7.17. The summed E-state index contributed by atoms with van der Waals surface area (Å²) in [5.74, 6) is 2.02. The number of fused-ring (bicyclic) bond motifs is 5. The van der Waals surface area contributed by atoms with Crippen molar-refractivity contribution in [2.45, 2.75) is 71.8 Å². The molecule has 4 aliphatic carbocycles. The van der Waals surface area contributed by atoms with Gasteiger partial charge in [0.05, 0.1) is 6.10 Å². The van der Waals surface area contributed by atoms with E-state index in [0.717, 1.165) is 44.1 Å². The topological polar surface area (TPSA) is 54.4 Å². The molecule has 3 heteroatoms. The van der Waals surface area contributed by atoms with Gasteiger partial charge in [0, 0.05) is 17.8 Å². The lowest BCUT2D eigenvalue weighted by atomic mass is 9.44. The fraction of sp³-hybridized carbons (Fsp3) is 0.810. The molecule has 7 atom stereocenters. The van der Waals surface area contributed by atoms with E-state index in [0.29, 0.717) is 30.0 Å². The van der Waals surface area contributed by atoms with E-state index in [1.165, 1.54) is 0 Å². The quantitative estimate of drug-likeness (QED) is 0.797. The Morgan fingerprint density at radius 2 is 2.00 bits per heavy atom. The van der Waals surface area contributed by atoms with E-state index in [2.05, 4.69) is 19.9 Å². The molecule has 0 aromatic heterocycles. The largest absolute Gasteiger partial charge is 0.393 e. The highest BCUT2D eigenvalue weighted by molar-refractivity contribution is 5.97. The Bertz CT molecular complexity index is 621. The van der Waals surface area contributed by atoms with Crippen LogP contribution in [0.25, 0.3) is 0 Å². The zero-order valence-electron chi connectivity index (χ0n) is 15.2. The molecular formula is C21H30O3. The van der Waals surface area contributed by atoms with Gasteiger partial charge in [0.25, 0.3) is 0 Å². The molecule has 3 fully saturated rings. The van der Waals surface area contributed by atoms with Crippen LogP contribution < -0.4 is 0 Å². The molecule has 4 rings (SSSR count). The van der Waals surface area contributed by atoms with Gasteiger partial charge in [0.1, 0.15) is 5.78 Å². The molecule has 0 aliphatic heterocycles. The van der Waals surface area contributed by atoms with Crippen molar-refractivity contribution < 1.29 is 14.7 Å². The minimum absolute atomic E-state index is 0.0551. The Morgan fingerprint density at radius 3 is 2.71 bits per heavy atom. The van der Waals surface area contributed by atoms with Gasteiger partial charge in [-0.2, -0.15) is 0 Å². The van der Waals surface area contributed by atoms with Crippen molar-refractivity contribution in [2.75, 3.05) is 0 Å². The number of rotatable bonds is 1. The summed E-state index contributed by atoms with van der Waals surface area (Å²) in [6.45, 7) is 6.12. The molecule has 0 saturated heterocycles. The van der Waals surface area contributed by atoms with Gasteiger partial charge in [-0.3, -0.25) is 9.59 Å². The van der Waals surface area contributed by atoms with E-state index in [1.54, 1.807) is 6.92 Å². The third-order valence-corrected chi connectivity index (χ3v) is 8.29. The first-order valence-electron chi connectivity index (χ1n) is 9.69. The van der Waals surface area contributed by atoms with Crippen LogP contribution in [0.5, 0.6) is 0 Å². The van der Waals surface area contributed by atoms with E-state index in [4.69, 9.17) is 0 Å². The maximum Gasteiger partial charge on any atom is 0.156 e. The van der Waals surface area contributed by atoms with Gasteiger partial charge in [-0.25, -0.2) is 0 Å². The number of ketones is 2. The van der Waals surface area contributed by atoms with E-state index in [9.17, 15) is 14.7 Å². The van der Waals surface area contributed by atoms with Crippen molar-refractivity contribution >= 4 is 11.6 Å². The Hall–Kier alpha value is -0.960. The van der Waals surface area contributed by atoms with Crippen molar-refractivity contribution in [3.8, 4) is 0 Å². The fourth-order valence-corrected chi connectivity index (χ4v) is 7.17. The van der Waals surface area contributed by atoms with Crippen LogP contribution in [0.4, 0.5) is 0 Å². The molecule has 0 amide bonds. The molecular weight excluding hydrogens is 300 g/mol. The lowest BCUT2D eigenvalue weighted by Gasteiger charge is -2.59. The third-order valence-electron chi connectivity index (χ3n) is 8.29. The summed E-state index contributed by atoms with van der Waals surface area (Å²) in [4.78, 5) is 25.4. The highest BCUT2D eigenvalue weighted by Gasteiger charge is 2.62. The predicted octanol–water partition coefficient (Wildman–Crippen LogP) is 3.69. The smallest absolute Gasteiger partial charge is 0.156 e. The molecule has 3 nitrogen and oxygen atoms in total. The maximum atomic E-state index is 13.3. The van der Waals surface area contributed by atoms with Crippen molar-refractivity contribution in [1.29, 1.82) is 0 Å². The van der Waals surface area contributed by atoms with Crippen LogP contribution in [-0.2, 0) is 9.59 Å². The van der Waals surface area contributed by atoms with Gasteiger partial charge < -0.3 is 5.11 Å². The maximum absolute atomic E-state index is 13.3. The van der Waals surface area contributed by atoms with Gasteiger partial charge in [0.15, 0.2) is 5.78 Å². The monoisotopic (exact) mass is 330 g/mol. The average Bonchev–Trinajstić information content (AvgIpc) is 2.84. The summed E-state index contributed by atoms with van der Waals surface area (Å²) < 4.78 is 0. The van der Waals surface area contributed by atoms with Crippen molar-refractivity contribution in [2.24, 2.45) is 34.5 Å². The zero-order chi connectivity index (χ0) is 17.3. The summed E-state index contributed by atoms with van der Waals surface area (Å²) in [7, 11) is 0. The summed E-state index contributed by atoms with van der Waals surface area (Å²) in [5.41, 5.74) is 0.728. The van der Waals surface area contributed by atoms with E-state index >= 15 is 0 Å². The lowest BCUT2D eigenvalue weighted by molar-refractivity contribution is -0.158. The normalized spacial score (nSPS) is 50.6. The van der Waals surface area contributed by atoms with E-state index in [1.807, 2.05) is 0 Å². The Morgan fingerprint density at radius 1 is 1.25 bits per heavy atom. The highest BCUT2D eigenvalue weighted by atomic mass is 16.3. The van der Waals surface area contributed by atoms with Crippen LogP contribution in [0.1, 0.15) is 65.7 Å². The van der Waals surface area contributed by atoms with Crippen LogP contribution >= 0.6 is 0 Å². The summed E-state index contributed by atoms with van der Waals surface area (Å²) in [6, 6.07) is 0. The average molecular weight is 330 g/mol. The molecule has 0 heterocycles. The molecule has 0 spiro atoms. The summed E-state index contributed by atoms with van der Waals surface area (Å²) >= 11 is 0. The molecule has 0 aromatic carbocycles. The number of hydrogen-bond donors (Lipinski definition) is 1. The Labute approximate surface area is 144 Å². The van der Waals surface area contributed by atoms with Crippen LogP contribution in [0.2, 0.25) is 0 Å². The molecule has 4 aliphatic rings. The highest BCUT2D eigenvalue weighted by Crippen LogP contribution is 2.65. The Kier molecular flexibility index (Phi) is 3.62. The first kappa shape index (κ1) is 16.5. The van der Waals surface area contributed by atoms with Crippen LogP contribution in [0.15, 0.2) is 11.6 Å². The van der Waals surface area contributed by atoms with Crippen molar-refractivity contribution in [1.82, 2.24) is 0 Å². The van der Waals surface area contributed by atoms with E-state index in [-0.39, 0.29) is 28.6 Å². The van der Waals surface area contributed by atoms with Gasteiger partial charge in [-0.15, -0.1) is 0 Å². The number of allylic oxidation sites excluding steroid dienone is 2. The molecule has 1 N–H and O–H groups in total. The number of carbonyl (C=O) groups excluding carboxylic acids is 2. The number of aliphatic hydroxyl groups is 1. The molecule has 0 bridgehead atoms. The second kappa shape index (κ2) is 5.27. The van der Waals surface area contributed by atoms with Gasteiger partial charge >= 0.3 is 0 Å². The van der Waals surface area contributed by atoms with Crippen LogP contribution in [0, 0.1) is 34.5 Å². The predicted molar refractivity (Wildman–Crippen MR) is 92.3 cm³/mol. The SMILES string of the molecule is CC(=O)C1=CC[C@H]2[C@@H]3CCC4C[C@H](O)CC[C@]4(C)[C@H]3C(=O)C[C@]12C. The molecule has 0 radical (unpaired) electrons. The summed E-state index contributed by atoms with van der Waals surface area (Å²) in [5, 5.41) is 10.1. The first-order chi connectivity index (χ1) is 11.3. The summed E-state index contributed by atoms with van der Waals surface area (Å²) in [6.07, 6.45) is 8.34. The zero-order valence-corrected chi connectivity index (χ0v) is 15.2. The minimum atomic E-state index is -0.235. The van der Waals surface area contributed by atoms with Crippen molar-refractivity contribution in [3.05, 3.63) is 11.6 Å². The van der Waals surface area contributed by atoms with Gasteiger partial charge in [-0.1, -0.05) is 19.9 Å². The number of hydrogen-bond acceptors (Lipinski definition) is 3. The van der Waals surface area contributed by atoms with Crippen LogP contribution in [-0.4, -0.2) is 22.8 Å². The number of carbonyl (C=O) groups is 2. The third kappa shape index (κ3) is 2.06. The number of Topliss-reactive ketones (excluding diaryl/α,β-unsaturated/α-hetero) is 2. The Balaban J connectivity index is 1.69. The second-order valence-electron chi connectivity index (χ2n) is 9.43. The molecule has 132 valence electrons. The van der Waals surface area contributed by atoms with Crippen LogP contribution in [0.3, 0.4) is 0 Å². The molecule has 3 saturated carbocycles. The minimum Gasteiger partial charge on any atom is -0.393 e.